The van der Waals surface area contributed by atoms with E-state index >= 15 is 4.39 Å². The second-order valence-corrected chi connectivity index (χ2v) is 12.3. The first-order valence-corrected chi connectivity index (χ1v) is 15.9. The van der Waals surface area contributed by atoms with Gasteiger partial charge in [0.15, 0.2) is 5.82 Å². The summed E-state index contributed by atoms with van der Waals surface area (Å²) in [5, 5.41) is 3.83. The molecule has 4 aromatic heterocycles. The summed E-state index contributed by atoms with van der Waals surface area (Å²) in [4.78, 5) is 40.3. The van der Waals surface area contributed by atoms with Crippen LogP contribution in [0.2, 0.25) is 0 Å². The number of pyridine rings is 2. The molecule has 1 aliphatic carbocycles. The van der Waals surface area contributed by atoms with Crippen LogP contribution < -0.4 is 10.1 Å². The lowest BCUT2D eigenvalue weighted by molar-refractivity contribution is -0.135. The predicted octanol–water partition coefficient (Wildman–Crippen LogP) is 6.58. The van der Waals surface area contributed by atoms with Crippen LogP contribution in [0.1, 0.15) is 85.7 Å². The van der Waals surface area contributed by atoms with E-state index < -0.39 is 23.6 Å². The van der Waals surface area contributed by atoms with Crippen molar-refractivity contribution in [2.75, 3.05) is 14.2 Å². The molecule has 5 heterocycles. The molecule has 0 radical (unpaired) electrons. The van der Waals surface area contributed by atoms with Crippen molar-refractivity contribution in [1.29, 1.82) is 0 Å². The number of aromatic nitrogens is 5. The molecule has 0 unspecified atom stereocenters. The Hall–Kier alpha value is -4.80. The molecule has 0 saturated heterocycles. The molecule has 1 fully saturated rings. The number of alkyl halides is 1. The largest absolute Gasteiger partial charge is 0.494 e. The monoisotopic (exact) mass is 624 g/mol. The Morgan fingerprint density at radius 2 is 1.87 bits per heavy atom. The number of methoxy groups -OCH3 is 2. The number of halogens is 1. The smallest absolute Gasteiger partial charge is 0.338 e. The number of hydrogen-bond donors (Lipinski definition) is 1. The number of esters is 1. The molecule has 2 atom stereocenters. The lowest BCUT2D eigenvalue weighted by Gasteiger charge is -2.26. The van der Waals surface area contributed by atoms with Crippen molar-refractivity contribution in [3.63, 3.8) is 0 Å². The van der Waals surface area contributed by atoms with Crippen molar-refractivity contribution in [1.82, 2.24) is 29.4 Å². The molecule has 1 saturated carbocycles. The van der Waals surface area contributed by atoms with Gasteiger partial charge in [-0.15, -0.1) is 0 Å². The normalized spacial score (nSPS) is 20.9. The third-order valence-corrected chi connectivity index (χ3v) is 9.17. The number of nitrogens with one attached hydrogen (secondary N) is 1. The minimum absolute atomic E-state index is 0.0514. The van der Waals surface area contributed by atoms with Gasteiger partial charge in [0, 0.05) is 24.2 Å². The van der Waals surface area contributed by atoms with Crippen molar-refractivity contribution in [3.8, 4) is 17.3 Å². The van der Waals surface area contributed by atoms with Crippen LogP contribution in [0.15, 0.2) is 54.7 Å². The van der Waals surface area contributed by atoms with E-state index in [1.54, 1.807) is 37.4 Å². The Labute approximate surface area is 265 Å². The van der Waals surface area contributed by atoms with E-state index in [9.17, 15) is 9.59 Å². The van der Waals surface area contributed by atoms with Gasteiger partial charge in [-0.05, 0) is 81.5 Å². The molecule has 7 rings (SSSR count). The van der Waals surface area contributed by atoms with E-state index in [0.29, 0.717) is 35.5 Å². The van der Waals surface area contributed by atoms with Crippen molar-refractivity contribution in [2.45, 2.75) is 76.2 Å². The van der Waals surface area contributed by atoms with E-state index in [2.05, 4.69) is 25.5 Å². The van der Waals surface area contributed by atoms with Crippen LogP contribution in [0.4, 0.5) is 4.39 Å². The fourth-order valence-electron chi connectivity index (χ4n) is 6.58. The average Bonchev–Trinajstić information content (AvgIpc) is 3.75. The zero-order valence-electron chi connectivity index (χ0n) is 26.3. The summed E-state index contributed by atoms with van der Waals surface area (Å²) >= 11 is 0. The van der Waals surface area contributed by atoms with Gasteiger partial charge in [0.2, 0.25) is 5.67 Å². The maximum Gasteiger partial charge on any atom is 0.338 e. The molecule has 10 nitrogen and oxygen atoms in total. The molecule has 238 valence electrons. The molecular formula is C35H37FN6O4. The van der Waals surface area contributed by atoms with Crippen molar-refractivity contribution in [2.24, 2.45) is 0 Å². The van der Waals surface area contributed by atoms with E-state index in [1.807, 2.05) is 19.1 Å². The molecule has 0 spiro atoms. The molecule has 5 aromatic rings. The lowest BCUT2D eigenvalue weighted by Crippen LogP contribution is -2.43. The molecule has 11 heteroatoms. The molecule has 1 amide bonds. The topological polar surface area (TPSA) is 113 Å². The van der Waals surface area contributed by atoms with Gasteiger partial charge in [-0.1, -0.05) is 18.9 Å². The Morgan fingerprint density at radius 1 is 1.04 bits per heavy atom. The first-order chi connectivity index (χ1) is 22.3. The average molecular weight is 625 g/mol. The van der Waals surface area contributed by atoms with Crippen LogP contribution in [0.3, 0.4) is 0 Å². The van der Waals surface area contributed by atoms with Gasteiger partial charge in [-0.25, -0.2) is 19.2 Å². The Kier molecular flexibility index (Phi) is 7.70. The fraction of sp³-hybridized carbons (Fsp3) is 0.400. The minimum Gasteiger partial charge on any atom is -0.494 e. The highest BCUT2D eigenvalue weighted by Gasteiger charge is 2.42. The third-order valence-electron chi connectivity index (χ3n) is 9.17. The molecule has 1 N–H and O–H groups in total. The quantitative estimate of drug-likeness (QED) is 0.220. The van der Waals surface area contributed by atoms with Crippen molar-refractivity contribution >= 4 is 33.9 Å². The van der Waals surface area contributed by atoms with Gasteiger partial charge >= 0.3 is 5.97 Å². The maximum absolute atomic E-state index is 16.5. The summed E-state index contributed by atoms with van der Waals surface area (Å²) in [6.07, 6.45) is 6.62. The highest BCUT2D eigenvalue weighted by atomic mass is 19.1. The van der Waals surface area contributed by atoms with Crippen molar-refractivity contribution < 1.29 is 23.5 Å². The van der Waals surface area contributed by atoms with Gasteiger partial charge in [-0.2, -0.15) is 0 Å². The summed E-state index contributed by atoms with van der Waals surface area (Å²) in [5.74, 6) is 0.206. The number of amides is 1. The highest BCUT2D eigenvalue weighted by molar-refractivity contribution is 5.97. The number of nitrogens with zero attached hydrogens (tertiary/aromatic N) is 5. The third kappa shape index (κ3) is 5.17. The number of benzene rings is 1. The van der Waals surface area contributed by atoms with E-state index in [4.69, 9.17) is 19.4 Å². The Bertz CT molecular complexity index is 1950. The molecule has 2 bridgehead atoms. The lowest BCUT2D eigenvalue weighted by atomic mass is 9.92. The highest BCUT2D eigenvalue weighted by Crippen LogP contribution is 2.45. The number of hydrogen-bond acceptors (Lipinski definition) is 7. The Morgan fingerprint density at radius 3 is 2.61 bits per heavy atom. The van der Waals surface area contributed by atoms with Crippen LogP contribution in [-0.4, -0.2) is 50.2 Å². The van der Waals surface area contributed by atoms with E-state index in [1.165, 1.54) is 13.3 Å². The van der Waals surface area contributed by atoms with Gasteiger partial charge in [0.25, 0.3) is 5.91 Å². The second-order valence-electron chi connectivity index (χ2n) is 12.3. The van der Waals surface area contributed by atoms with Gasteiger partial charge in [0.05, 0.1) is 48.4 Å². The van der Waals surface area contributed by atoms with Gasteiger partial charge in [-0.3, -0.25) is 9.78 Å². The number of carbonyl (C=O) groups excluding carboxylic acids is 2. The van der Waals surface area contributed by atoms with Crippen LogP contribution in [0.25, 0.3) is 33.6 Å². The predicted molar refractivity (Wildman–Crippen MR) is 171 cm³/mol. The van der Waals surface area contributed by atoms with Crippen molar-refractivity contribution in [3.05, 3.63) is 71.7 Å². The SMILES string of the molecule is COC(=O)c1cc(OC)c2c(c1)nc(-c1cc3ccc4nc3n1CCCCCC[C@](F)(c1ccccn1)C(=O)N[C@@H]4C)n2C1CC1. The number of fused-ring (bicyclic) bond motifs is 2. The standard InChI is InChI=1S/C35H37FN6O4/c1-21-25-14-11-22-19-27(32-40-26-18-23(33(43)46-3)20-28(45-2)30(26)42(32)24-12-13-24)41(31(22)39-25)17-9-5-4-7-15-35(36,34(44)38-21)29-10-6-8-16-37-29/h6,8,10-11,14,16,18-21,24H,4-5,7,9,12-13,15,17H2,1-3H3,(H,38,44)/t21-,35+/m1/s1. The maximum atomic E-state index is 16.5. The Balaban J connectivity index is 1.34. The summed E-state index contributed by atoms with van der Waals surface area (Å²) in [6, 6.07) is 14.2. The number of ether oxygens (including phenoxy) is 2. The molecule has 2 aliphatic rings. The van der Waals surface area contributed by atoms with Crippen LogP contribution in [-0.2, 0) is 21.7 Å². The van der Waals surface area contributed by atoms with E-state index in [0.717, 1.165) is 60.2 Å². The number of imidazole rings is 1. The molecule has 1 aliphatic heterocycles. The first kappa shape index (κ1) is 29.9. The van der Waals surface area contributed by atoms with Crippen LogP contribution in [0, 0.1) is 0 Å². The minimum atomic E-state index is -2.23. The fourth-order valence-corrected chi connectivity index (χ4v) is 6.58. The number of aryl methyl sites for hydroxylation is 1. The summed E-state index contributed by atoms with van der Waals surface area (Å²) < 4.78 is 31.7. The zero-order valence-corrected chi connectivity index (χ0v) is 26.3. The van der Waals surface area contributed by atoms with Crippen LogP contribution in [0.5, 0.6) is 5.75 Å². The second kappa shape index (κ2) is 11.9. The summed E-state index contributed by atoms with van der Waals surface area (Å²) in [7, 11) is 2.96. The van der Waals surface area contributed by atoms with E-state index in [-0.39, 0.29) is 18.2 Å². The van der Waals surface area contributed by atoms with Crippen LogP contribution >= 0.6 is 0 Å². The molecular weight excluding hydrogens is 587 g/mol. The molecule has 46 heavy (non-hydrogen) atoms. The molecule has 1 aromatic carbocycles. The summed E-state index contributed by atoms with van der Waals surface area (Å²) in [6.45, 7) is 2.51. The number of carbonyl (C=O) groups is 2. The summed E-state index contributed by atoms with van der Waals surface area (Å²) in [5.41, 5.74) is 2.11. The van der Waals surface area contributed by atoms with Gasteiger partial charge in [0.1, 0.15) is 16.9 Å². The zero-order chi connectivity index (χ0) is 32.0. The first-order valence-electron chi connectivity index (χ1n) is 15.9. The van der Waals surface area contributed by atoms with Gasteiger partial charge < -0.3 is 23.9 Å². The number of rotatable bonds is 5.